The van der Waals surface area contributed by atoms with E-state index in [-0.39, 0.29) is 0 Å². The van der Waals surface area contributed by atoms with Gasteiger partial charge in [-0.3, -0.25) is 0 Å². The molecule has 6 heteroatoms. The van der Waals surface area contributed by atoms with Gasteiger partial charge in [-0.2, -0.15) is 15.2 Å². The summed E-state index contributed by atoms with van der Waals surface area (Å²) in [7, 11) is 0. The molecule has 0 radical (unpaired) electrons. The molecule has 90 valence electrons. The van der Waals surface area contributed by atoms with Gasteiger partial charge in [-0.25, -0.2) is 4.52 Å². The minimum atomic E-state index is 0.559. The molecule has 0 amide bonds. The zero-order valence-corrected chi connectivity index (χ0v) is 9.91. The predicted octanol–water partition coefficient (Wildman–Crippen LogP) is 1.44. The number of nitrogens with one attached hydrogen (secondary N) is 1. The zero-order valence-electron chi connectivity index (χ0n) is 9.91. The van der Waals surface area contributed by atoms with Crippen molar-refractivity contribution in [2.75, 3.05) is 5.32 Å². The number of nitrogens with zero attached hydrogens (tertiary/aromatic N) is 5. The fourth-order valence-electron chi connectivity index (χ4n) is 1.71. The quantitative estimate of drug-likeness (QED) is 0.750. The molecular formula is C12H12N6. The van der Waals surface area contributed by atoms with Crippen LogP contribution in [0, 0.1) is 6.92 Å². The van der Waals surface area contributed by atoms with Gasteiger partial charge in [-0.15, -0.1) is 5.10 Å². The van der Waals surface area contributed by atoms with Crippen LogP contribution in [0.25, 0.3) is 5.65 Å². The van der Waals surface area contributed by atoms with Gasteiger partial charge >= 0.3 is 0 Å². The fraction of sp³-hybridized carbons (Fsp3) is 0.167. The summed E-state index contributed by atoms with van der Waals surface area (Å²) in [5, 5.41) is 15.3. The van der Waals surface area contributed by atoms with Crippen LogP contribution in [-0.4, -0.2) is 24.8 Å². The first-order valence-electron chi connectivity index (χ1n) is 5.65. The van der Waals surface area contributed by atoms with Crippen molar-refractivity contribution < 1.29 is 0 Å². The van der Waals surface area contributed by atoms with Crippen molar-refractivity contribution in [1.29, 1.82) is 0 Å². The largest absolute Gasteiger partial charge is 0.347 e. The summed E-state index contributed by atoms with van der Waals surface area (Å²) in [6.45, 7) is 2.57. The Bertz CT molecular complexity index is 661. The molecule has 0 saturated carbocycles. The summed E-state index contributed by atoms with van der Waals surface area (Å²) >= 11 is 0. The van der Waals surface area contributed by atoms with Crippen LogP contribution in [0.15, 0.2) is 36.7 Å². The molecule has 0 spiro atoms. The maximum absolute atomic E-state index is 4.42. The van der Waals surface area contributed by atoms with Crippen LogP contribution in [0.2, 0.25) is 0 Å². The number of aromatic nitrogens is 5. The Balaban J connectivity index is 1.81. The normalized spacial score (nSPS) is 10.7. The van der Waals surface area contributed by atoms with Gasteiger partial charge in [0, 0.05) is 12.4 Å². The Morgan fingerprint density at radius 2 is 2.22 bits per heavy atom. The minimum absolute atomic E-state index is 0.559. The molecule has 0 aliphatic rings. The lowest BCUT2D eigenvalue weighted by molar-refractivity contribution is 0.903. The predicted molar refractivity (Wildman–Crippen MR) is 67.1 cm³/mol. The van der Waals surface area contributed by atoms with Crippen molar-refractivity contribution in [2.24, 2.45) is 0 Å². The van der Waals surface area contributed by atoms with Gasteiger partial charge in [-0.05, 0) is 30.7 Å². The van der Waals surface area contributed by atoms with Crippen molar-refractivity contribution in [3.8, 4) is 0 Å². The Morgan fingerprint density at radius 3 is 3.00 bits per heavy atom. The molecule has 0 atom stereocenters. The number of hydrogen-bond donors (Lipinski definition) is 1. The molecule has 3 aromatic rings. The Labute approximate surface area is 104 Å². The smallest absolute Gasteiger partial charge is 0.243 e. The highest BCUT2D eigenvalue weighted by atomic mass is 15.3. The molecule has 0 aliphatic heterocycles. The van der Waals surface area contributed by atoms with E-state index in [1.54, 1.807) is 10.7 Å². The van der Waals surface area contributed by atoms with Crippen LogP contribution < -0.4 is 5.32 Å². The van der Waals surface area contributed by atoms with Crippen molar-refractivity contribution in [2.45, 2.75) is 13.5 Å². The highest BCUT2D eigenvalue weighted by Gasteiger charge is 2.04. The third-order valence-corrected chi connectivity index (χ3v) is 2.61. The molecule has 6 nitrogen and oxygen atoms in total. The van der Waals surface area contributed by atoms with Gasteiger partial charge in [0.2, 0.25) is 5.95 Å². The molecule has 0 aliphatic carbocycles. The Hall–Kier alpha value is -2.50. The first kappa shape index (κ1) is 10.6. The van der Waals surface area contributed by atoms with Crippen molar-refractivity contribution in [1.82, 2.24) is 24.8 Å². The number of pyridine rings is 1. The molecule has 0 fully saturated rings. The second kappa shape index (κ2) is 4.40. The summed E-state index contributed by atoms with van der Waals surface area (Å²) in [5.41, 5.74) is 2.81. The molecule has 3 aromatic heterocycles. The minimum Gasteiger partial charge on any atom is -0.347 e. The third kappa shape index (κ3) is 2.00. The van der Waals surface area contributed by atoms with E-state index in [9.17, 15) is 0 Å². The summed E-state index contributed by atoms with van der Waals surface area (Å²) in [4.78, 5) is 4.42. The summed E-state index contributed by atoms with van der Waals surface area (Å²) in [6.07, 6.45) is 3.53. The lowest BCUT2D eigenvalue weighted by atomic mass is 10.3. The summed E-state index contributed by atoms with van der Waals surface area (Å²) in [5.74, 6) is 0.593. The van der Waals surface area contributed by atoms with Gasteiger partial charge in [0.15, 0.2) is 5.65 Å². The first-order valence-corrected chi connectivity index (χ1v) is 5.65. The van der Waals surface area contributed by atoms with Gasteiger partial charge in [-0.1, -0.05) is 6.07 Å². The average Bonchev–Trinajstić information content (AvgIpc) is 2.82. The number of hydrogen-bond acceptors (Lipinski definition) is 5. The molecule has 0 saturated heterocycles. The van der Waals surface area contributed by atoms with Crippen molar-refractivity contribution in [3.05, 3.63) is 47.9 Å². The number of anilines is 1. The standard InChI is InChI=1S/C12H12N6/c1-9-4-3-7-18-11(9)15-12(17-18)13-8-10-5-2-6-14-16-10/h2-7H,8H2,1H3,(H,13,17). The number of aryl methyl sites for hydroxylation is 1. The van der Waals surface area contributed by atoms with E-state index < -0.39 is 0 Å². The molecule has 0 aromatic carbocycles. The van der Waals surface area contributed by atoms with E-state index in [1.165, 1.54) is 0 Å². The first-order chi connectivity index (χ1) is 8.83. The number of fused-ring (bicyclic) bond motifs is 1. The molecule has 0 unspecified atom stereocenters. The van der Waals surface area contributed by atoms with Gasteiger partial charge in [0.05, 0.1) is 12.2 Å². The van der Waals surface area contributed by atoms with Gasteiger partial charge in [0.25, 0.3) is 0 Å². The zero-order chi connectivity index (χ0) is 12.4. The molecule has 1 N–H and O–H groups in total. The maximum Gasteiger partial charge on any atom is 0.243 e. The van der Waals surface area contributed by atoms with E-state index >= 15 is 0 Å². The highest BCUT2D eigenvalue weighted by Crippen LogP contribution is 2.10. The molecular weight excluding hydrogens is 228 g/mol. The Kier molecular flexibility index (Phi) is 2.60. The molecule has 3 rings (SSSR count). The fourth-order valence-corrected chi connectivity index (χ4v) is 1.71. The van der Waals surface area contributed by atoms with E-state index in [2.05, 4.69) is 25.6 Å². The monoisotopic (exact) mass is 240 g/mol. The lowest BCUT2D eigenvalue weighted by Gasteiger charge is -1.98. The van der Waals surface area contributed by atoms with Gasteiger partial charge in [0.1, 0.15) is 0 Å². The van der Waals surface area contributed by atoms with Crippen LogP contribution in [0.5, 0.6) is 0 Å². The van der Waals surface area contributed by atoms with E-state index in [4.69, 9.17) is 0 Å². The molecule has 3 heterocycles. The van der Waals surface area contributed by atoms with Crippen LogP contribution in [0.1, 0.15) is 11.3 Å². The van der Waals surface area contributed by atoms with E-state index in [0.29, 0.717) is 12.5 Å². The van der Waals surface area contributed by atoms with Gasteiger partial charge < -0.3 is 5.32 Å². The van der Waals surface area contributed by atoms with Crippen molar-refractivity contribution >= 4 is 11.6 Å². The van der Waals surface area contributed by atoms with Crippen LogP contribution in [-0.2, 0) is 6.54 Å². The second-order valence-corrected chi connectivity index (χ2v) is 3.96. The third-order valence-electron chi connectivity index (χ3n) is 2.61. The van der Waals surface area contributed by atoms with E-state index in [1.807, 2.05) is 37.4 Å². The maximum atomic E-state index is 4.42. The Morgan fingerprint density at radius 1 is 1.28 bits per heavy atom. The molecule has 18 heavy (non-hydrogen) atoms. The summed E-state index contributed by atoms with van der Waals surface area (Å²) < 4.78 is 1.76. The van der Waals surface area contributed by atoms with Crippen LogP contribution in [0.3, 0.4) is 0 Å². The van der Waals surface area contributed by atoms with E-state index in [0.717, 1.165) is 16.9 Å². The van der Waals surface area contributed by atoms with Crippen LogP contribution in [0.4, 0.5) is 5.95 Å². The summed E-state index contributed by atoms with van der Waals surface area (Å²) in [6, 6.07) is 7.71. The molecule has 0 bridgehead atoms. The lowest BCUT2D eigenvalue weighted by Crippen LogP contribution is -2.03. The second-order valence-electron chi connectivity index (χ2n) is 3.96. The number of rotatable bonds is 3. The average molecular weight is 240 g/mol. The van der Waals surface area contributed by atoms with Crippen LogP contribution >= 0.6 is 0 Å². The SMILES string of the molecule is Cc1cccn2nc(NCc3cccnn3)nc12. The highest BCUT2D eigenvalue weighted by molar-refractivity contribution is 5.49. The topological polar surface area (TPSA) is 68.0 Å². The van der Waals surface area contributed by atoms with Crippen molar-refractivity contribution in [3.63, 3.8) is 0 Å².